The van der Waals surface area contributed by atoms with E-state index >= 15 is 0 Å². The first-order valence-electron chi connectivity index (χ1n) is 8.46. The third-order valence-corrected chi connectivity index (χ3v) is 6.62. The fourth-order valence-electron chi connectivity index (χ4n) is 3.87. The number of hydrogen-bond acceptors (Lipinski definition) is 3. The van der Waals surface area contributed by atoms with Gasteiger partial charge >= 0.3 is 0 Å². The maximum atomic E-state index is 13.4. The van der Waals surface area contributed by atoms with E-state index < -0.39 is 15.7 Å². The Morgan fingerprint density at radius 3 is 2.20 bits per heavy atom. The number of rotatable bonds is 4. The average molecular weight is 359 g/mol. The highest BCUT2D eigenvalue weighted by Gasteiger charge is 2.49. The van der Waals surface area contributed by atoms with Crippen LogP contribution in [-0.4, -0.2) is 26.4 Å². The molecule has 0 saturated carbocycles. The van der Waals surface area contributed by atoms with Crippen LogP contribution in [0, 0.1) is 18.2 Å². The van der Waals surface area contributed by atoms with Crippen LogP contribution in [0.3, 0.4) is 0 Å². The number of nitrogens with zero attached hydrogens (tertiary/aromatic N) is 1. The molecular weight excluding hydrogens is 339 g/mol. The van der Waals surface area contributed by atoms with Gasteiger partial charge in [-0.05, 0) is 48.6 Å². The summed E-state index contributed by atoms with van der Waals surface area (Å²) < 4.78 is 42.3. The zero-order valence-corrected chi connectivity index (χ0v) is 14.5. The molecule has 4 nitrogen and oxygen atoms in total. The van der Waals surface area contributed by atoms with E-state index in [-0.39, 0.29) is 10.7 Å². The van der Waals surface area contributed by atoms with Gasteiger partial charge in [-0.3, -0.25) is 4.90 Å². The van der Waals surface area contributed by atoms with Gasteiger partial charge in [-0.25, -0.2) is 12.8 Å². The standard InChI is InChI=1S/C19H20FN2O2S/c20-17-8-6-16(7-9-17)19(14-15-10-12-22(19)13-11-15)21-25(23,24)18-4-2-1-3-5-18/h1-9,14-15,21H,10-13H2. The lowest BCUT2D eigenvalue weighted by molar-refractivity contribution is 0.00884. The molecule has 3 aliphatic rings. The van der Waals surface area contributed by atoms with Crippen LogP contribution < -0.4 is 4.72 Å². The van der Waals surface area contributed by atoms with Gasteiger partial charge in [0.05, 0.1) is 4.90 Å². The highest BCUT2D eigenvalue weighted by Crippen LogP contribution is 2.43. The van der Waals surface area contributed by atoms with Crippen molar-refractivity contribution < 1.29 is 12.8 Å². The molecule has 2 aromatic rings. The summed E-state index contributed by atoms with van der Waals surface area (Å²) in [6, 6.07) is 14.4. The number of hydrogen-bond donors (Lipinski definition) is 1. The third-order valence-electron chi connectivity index (χ3n) is 5.14. The monoisotopic (exact) mass is 359 g/mol. The van der Waals surface area contributed by atoms with Gasteiger partial charge in [-0.2, -0.15) is 4.72 Å². The Labute approximate surface area is 147 Å². The largest absolute Gasteiger partial charge is 0.281 e. The topological polar surface area (TPSA) is 49.4 Å². The van der Waals surface area contributed by atoms with E-state index in [0.29, 0.717) is 5.92 Å². The highest BCUT2D eigenvalue weighted by molar-refractivity contribution is 7.89. The summed E-state index contributed by atoms with van der Waals surface area (Å²) in [5.41, 5.74) is -0.179. The van der Waals surface area contributed by atoms with E-state index in [4.69, 9.17) is 0 Å². The quantitative estimate of drug-likeness (QED) is 0.913. The molecule has 1 N–H and O–H groups in total. The smallest absolute Gasteiger partial charge is 0.242 e. The molecule has 0 aliphatic carbocycles. The van der Waals surface area contributed by atoms with Crippen LogP contribution >= 0.6 is 0 Å². The molecule has 6 heteroatoms. The lowest BCUT2D eigenvalue weighted by atomic mass is 9.76. The van der Waals surface area contributed by atoms with Gasteiger partial charge in [0.2, 0.25) is 10.0 Å². The highest BCUT2D eigenvalue weighted by atomic mass is 32.2. The van der Waals surface area contributed by atoms with E-state index in [0.717, 1.165) is 31.5 Å². The summed E-state index contributed by atoms with van der Waals surface area (Å²) in [5.74, 6) is 0.0225. The predicted octanol–water partition coefficient (Wildman–Crippen LogP) is 2.89. The molecule has 2 bridgehead atoms. The van der Waals surface area contributed by atoms with Crippen LogP contribution in [0.25, 0.3) is 0 Å². The first-order chi connectivity index (χ1) is 12.0. The minimum absolute atomic E-state index is 0.229. The molecular formula is C19H20FN2O2S. The normalized spacial score (nSPS) is 28.8. The van der Waals surface area contributed by atoms with Gasteiger partial charge in [-0.1, -0.05) is 30.3 Å². The number of fused-ring (bicyclic) bond motifs is 3. The van der Waals surface area contributed by atoms with Crippen molar-refractivity contribution in [3.05, 3.63) is 72.4 Å². The second-order valence-electron chi connectivity index (χ2n) is 6.68. The first-order valence-corrected chi connectivity index (χ1v) is 9.94. The maximum absolute atomic E-state index is 13.4. The second kappa shape index (κ2) is 6.20. The molecule has 0 amide bonds. The van der Waals surface area contributed by atoms with Crippen molar-refractivity contribution in [2.24, 2.45) is 5.92 Å². The Morgan fingerprint density at radius 1 is 1.00 bits per heavy atom. The Hall–Kier alpha value is -1.76. The number of halogens is 1. The minimum atomic E-state index is -3.72. The zero-order valence-electron chi connectivity index (χ0n) is 13.7. The van der Waals surface area contributed by atoms with Crippen molar-refractivity contribution in [2.75, 3.05) is 13.1 Å². The fourth-order valence-corrected chi connectivity index (χ4v) is 5.23. The summed E-state index contributed by atoms with van der Waals surface area (Å²) in [5, 5.41) is 0. The van der Waals surface area contributed by atoms with Crippen LogP contribution in [-0.2, 0) is 15.7 Å². The van der Waals surface area contributed by atoms with Crippen molar-refractivity contribution in [3.63, 3.8) is 0 Å². The van der Waals surface area contributed by atoms with Crippen molar-refractivity contribution in [3.8, 4) is 0 Å². The molecule has 0 aromatic heterocycles. The molecule has 3 aliphatic heterocycles. The molecule has 25 heavy (non-hydrogen) atoms. The molecule has 1 atom stereocenters. The summed E-state index contributed by atoms with van der Waals surface area (Å²) in [7, 11) is -3.72. The van der Waals surface area contributed by atoms with E-state index in [2.05, 4.69) is 16.0 Å². The Morgan fingerprint density at radius 2 is 1.64 bits per heavy atom. The van der Waals surface area contributed by atoms with Crippen molar-refractivity contribution in [1.29, 1.82) is 0 Å². The van der Waals surface area contributed by atoms with Crippen LogP contribution in [0.15, 0.2) is 59.5 Å². The molecule has 3 heterocycles. The molecule has 0 spiro atoms. The molecule has 5 rings (SSSR count). The van der Waals surface area contributed by atoms with Gasteiger partial charge in [0, 0.05) is 19.5 Å². The van der Waals surface area contributed by atoms with Crippen LogP contribution in [0.2, 0.25) is 0 Å². The lowest BCUT2D eigenvalue weighted by Crippen LogP contribution is -2.65. The summed E-state index contributed by atoms with van der Waals surface area (Å²) in [4.78, 5) is 2.37. The molecule has 131 valence electrons. The van der Waals surface area contributed by atoms with Crippen LogP contribution in [0.5, 0.6) is 0 Å². The molecule has 3 fully saturated rings. The SMILES string of the molecule is O=S(=O)(NC1(c2ccc(F)cc2)[CH]C2CCN1CC2)c1ccccc1. The number of nitrogens with one attached hydrogen (secondary N) is 1. The summed E-state index contributed by atoms with van der Waals surface area (Å²) in [6.07, 6.45) is 4.12. The molecule has 2 aromatic carbocycles. The maximum Gasteiger partial charge on any atom is 0.242 e. The van der Waals surface area contributed by atoms with E-state index in [9.17, 15) is 12.8 Å². The lowest BCUT2D eigenvalue weighted by Gasteiger charge is -2.54. The minimum Gasteiger partial charge on any atom is -0.281 e. The summed E-state index contributed by atoms with van der Waals surface area (Å²) in [6.45, 7) is 1.63. The predicted molar refractivity (Wildman–Crippen MR) is 93.4 cm³/mol. The fraction of sp³-hybridized carbons (Fsp3) is 0.316. The van der Waals surface area contributed by atoms with E-state index in [1.165, 1.54) is 12.1 Å². The Bertz CT molecular complexity index is 847. The van der Waals surface area contributed by atoms with Gasteiger partial charge in [0.25, 0.3) is 0 Å². The van der Waals surface area contributed by atoms with E-state index in [1.54, 1.807) is 42.5 Å². The first kappa shape index (κ1) is 16.7. The average Bonchev–Trinajstić information content (AvgIpc) is 2.63. The Kier molecular flexibility index (Phi) is 4.14. The van der Waals surface area contributed by atoms with Gasteiger partial charge < -0.3 is 0 Å². The second-order valence-corrected chi connectivity index (χ2v) is 8.37. The Balaban J connectivity index is 1.78. The van der Waals surface area contributed by atoms with Gasteiger partial charge in [0.1, 0.15) is 11.5 Å². The van der Waals surface area contributed by atoms with Crippen molar-refractivity contribution in [1.82, 2.24) is 9.62 Å². The summed E-state index contributed by atoms with van der Waals surface area (Å²) >= 11 is 0. The third kappa shape index (κ3) is 2.99. The molecule has 1 unspecified atom stereocenters. The number of piperidine rings is 3. The molecule has 1 radical (unpaired) electrons. The van der Waals surface area contributed by atoms with Crippen molar-refractivity contribution in [2.45, 2.75) is 23.4 Å². The van der Waals surface area contributed by atoms with Gasteiger partial charge in [-0.15, -0.1) is 0 Å². The van der Waals surface area contributed by atoms with Crippen LogP contribution in [0.1, 0.15) is 18.4 Å². The van der Waals surface area contributed by atoms with Gasteiger partial charge in [0.15, 0.2) is 0 Å². The zero-order chi connectivity index (χ0) is 17.5. The van der Waals surface area contributed by atoms with E-state index in [1.807, 2.05) is 0 Å². The molecule has 3 saturated heterocycles. The van der Waals surface area contributed by atoms with Crippen LogP contribution in [0.4, 0.5) is 4.39 Å². The number of benzene rings is 2. The number of sulfonamides is 1. The van der Waals surface area contributed by atoms with Crippen molar-refractivity contribution >= 4 is 10.0 Å².